The topological polar surface area (TPSA) is 81.4 Å². The van der Waals surface area contributed by atoms with Crippen molar-refractivity contribution in [2.24, 2.45) is 5.73 Å². The Labute approximate surface area is 144 Å². The molecule has 0 aliphatic carbocycles. The monoisotopic (exact) mass is 342 g/mol. The summed E-state index contributed by atoms with van der Waals surface area (Å²) in [6, 6.07) is 14.7. The third-order valence-electron chi connectivity index (χ3n) is 3.04. The van der Waals surface area contributed by atoms with Gasteiger partial charge in [0.2, 0.25) is 11.8 Å². The number of carbonyl (C=O) groups is 2. The van der Waals surface area contributed by atoms with Gasteiger partial charge in [-0.15, -0.1) is 11.8 Å². The van der Waals surface area contributed by atoms with Crippen LogP contribution in [-0.2, 0) is 9.59 Å². The summed E-state index contributed by atoms with van der Waals surface area (Å²) in [5, 5.41) is 2.80. The van der Waals surface area contributed by atoms with Crippen LogP contribution in [-0.4, -0.2) is 24.7 Å². The summed E-state index contributed by atoms with van der Waals surface area (Å²) < 4.78 is 5.14. The van der Waals surface area contributed by atoms with Gasteiger partial charge in [-0.1, -0.05) is 24.3 Å². The van der Waals surface area contributed by atoms with E-state index in [4.69, 9.17) is 10.5 Å². The van der Waals surface area contributed by atoms with Crippen LogP contribution in [0.3, 0.4) is 0 Å². The van der Waals surface area contributed by atoms with Gasteiger partial charge in [0.05, 0.1) is 18.6 Å². The Bertz CT molecular complexity index is 759. The average Bonchev–Trinajstić information content (AvgIpc) is 2.59. The molecule has 0 aliphatic rings. The van der Waals surface area contributed by atoms with Gasteiger partial charge in [-0.05, 0) is 35.9 Å². The molecule has 24 heavy (non-hydrogen) atoms. The molecule has 2 amide bonds. The van der Waals surface area contributed by atoms with E-state index in [9.17, 15) is 9.59 Å². The Hall–Kier alpha value is -2.73. The number of amides is 2. The summed E-state index contributed by atoms with van der Waals surface area (Å²) in [5.74, 6) is 0.224. The van der Waals surface area contributed by atoms with Crippen molar-refractivity contribution >= 4 is 35.3 Å². The molecule has 0 spiro atoms. The van der Waals surface area contributed by atoms with Crippen LogP contribution in [0.15, 0.2) is 59.5 Å². The summed E-state index contributed by atoms with van der Waals surface area (Å²) in [6.45, 7) is 0. The van der Waals surface area contributed by atoms with Crippen molar-refractivity contribution in [2.75, 3.05) is 18.2 Å². The Balaban J connectivity index is 2.04. The van der Waals surface area contributed by atoms with Gasteiger partial charge in [-0.25, -0.2) is 0 Å². The second kappa shape index (κ2) is 8.79. The highest BCUT2D eigenvalue weighted by atomic mass is 32.2. The minimum atomic E-state index is -0.404. The molecule has 2 aromatic carbocycles. The first kappa shape index (κ1) is 17.6. The van der Waals surface area contributed by atoms with Gasteiger partial charge in [-0.2, -0.15) is 0 Å². The highest BCUT2D eigenvalue weighted by molar-refractivity contribution is 8.00. The largest absolute Gasteiger partial charge is 0.497 e. The maximum atomic E-state index is 12.1. The van der Waals surface area contributed by atoms with Gasteiger partial charge in [-0.3, -0.25) is 9.59 Å². The normalized spacial score (nSPS) is 10.5. The first-order valence-corrected chi connectivity index (χ1v) is 8.20. The van der Waals surface area contributed by atoms with Crippen molar-refractivity contribution in [1.82, 2.24) is 0 Å². The molecule has 3 N–H and O–H groups in total. The smallest absolute Gasteiger partial charge is 0.248 e. The average molecular weight is 342 g/mol. The zero-order valence-corrected chi connectivity index (χ0v) is 14.0. The second-order valence-corrected chi connectivity index (χ2v) is 5.87. The van der Waals surface area contributed by atoms with Crippen LogP contribution >= 0.6 is 11.8 Å². The van der Waals surface area contributed by atoms with E-state index in [1.165, 1.54) is 17.8 Å². The fourth-order valence-corrected chi connectivity index (χ4v) is 2.68. The highest BCUT2D eigenvalue weighted by Crippen LogP contribution is 2.26. The number of thioether (sulfide) groups is 1. The molecule has 5 nitrogen and oxygen atoms in total. The number of nitrogens with two attached hydrogens (primary N) is 1. The molecular formula is C18H18N2O3S. The van der Waals surface area contributed by atoms with E-state index in [-0.39, 0.29) is 11.7 Å². The number of hydrogen-bond donors (Lipinski definition) is 2. The van der Waals surface area contributed by atoms with E-state index in [0.717, 1.165) is 16.2 Å². The molecule has 0 aromatic heterocycles. The molecule has 0 saturated carbocycles. The van der Waals surface area contributed by atoms with E-state index < -0.39 is 5.91 Å². The van der Waals surface area contributed by atoms with E-state index in [1.54, 1.807) is 19.3 Å². The Morgan fingerprint density at radius 1 is 1.21 bits per heavy atom. The number of rotatable bonds is 7. The molecule has 0 radical (unpaired) electrons. The highest BCUT2D eigenvalue weighted by Gasteiger charge is 2.06. The van der Waals surface area contributed by atoms with Crippen molar-refractivity contribution in [2.45, 2.75) is 4.90 Å². The lowest BCUT2D eigenvalue weighted by Crippen LogP contribution is -2.13. The van der Waals surface area contributed by atoms with Crippen LogP contribution < -0.4 is 15.8 Å². The molecule has 0 fully saturated rings. The Morgan fingerprint density at radius 3 is 2.75 bits per heavy atom. The van der Waals surface area contributed by atoms with Crippen molar-refractivity contribution in [1.29, 1.82) is 0 Å². The number of para-hydroxylation sites is 1. The predicted molar refractivity (Wildman–Crippen MR) is 97.0 cm³/mol. The molecule has 0 saturated heterocycles. The van der Waals surface area contributed by atoms with Crippen LogP contribution in [0.5, 0.6) is 5.75 Å². The number of ether oxygens (including phenoxy) is 1. The number of methoxy groups -OCH3 is 1. The fraction of sp³-hybridized carbons (Fsp3) is 0.111. The number of anilines is 1. The Morgan fingerprint density at radius 2 is 2.00 bits per heavy atom. The maximum Gasteiger partial charge on any atom is 0.248 e. The van der Waals surface area contributed by atoms with Gasteiger partial charge in [0.15, 0.2) is 0 Å². The van der Waals surface area contributed by atoms with Crippen molar-refractivity contribution in [3.63, 3.8) is 0 Å². The number of nitrogens with one attached hydrogen (secondary N) is 1. The van der Waals surface area contributed by atoms with E-state index in [2.05, 4.69) is 5.32 Å². The molecule has 0 heterocycles. The van der Waals surface area contributed by atoms with Gasteiger partial charge >= 0.3 is 0 Å². The van der Waals surface area contributed by atoms with E-state index >= 15 is 0 Å². The van der Waals surface area contributed by atoms with Crippen LogP contribution in [0.2, 0.25) is 0 Å². The second-order valence-electron chi connectivity index (χ2n) is 4.85. The van der Waals surface area contributed by atoms with E-state index in [1.807, 2.05) is 42.5 Å². The Kier molecular flexibility index (Phi) is 6.45. The lowest BCUT2D eigenvalue weighted by Gasteiger charge is -2.08. The van der Waals surface area contributed by atoms with Crippen molar-refractivity contribution in [3.8, 4) is 5.75 Å². The number of primary amides is 1. The van der Waals surface area contributed by atoms with Crippen LogP contribution in [0, 0.1) is 0 Å². The summed E-state index contributed by atoms with van der Waals surface area (Å²) in [4.78, 5) is 23.8. The standard InChI is InChI=1S/C18H18N2O3S/c1-23-14-6-4-5-13(11-14)9-10-18(22)20-15-7-2-3-8-16(15)24-12-17(19)21/h2-11H,12H2,1H3,(H2,19,21)(H,20,22)/b10-9+. The van der Waals surface area contributed by atoms with Crippen molar-refractivity contribution < 1.29 is 14.3 Å². The first-order valence-electron chi connectivity index (χ1n) is 7.22. The fourth-order valence-electron chi connectivity index (χ4n) is 1.94. The lowest BCUT2D eigenvalue weighted by molar-refractivity contribution is -0.115. The number of benzene rings is 2. The molecule has 2 aromatic rings. The molecule has 124 valence electrons. The minimum absolute atomic E-state index is 0.159. The van der Waals surface area contributed by atoms with Gasteiger partial charge in [0.1, 0.15) is 5.75 Å². The molecule has 0 unspecified atom stereocenters. The molecule has 0 bridgehead atoms. The van der Waals surface area contributed by atoms with Crippen LogP contribution in [0.25, 0.3) is 6.08 Å². The van der Waals surface area contributed by atoms with Crippen molar-refractivity contribution in [3.05, 3.63) is 60.2 Å². The molecule has 0 aliphatic heterocycles. The predicted octanol–water partition coefficient (Wildman–Crippen LogP) is 2.92. The summed E-state index contributed by atoms with van der Waals surface area (Å²) in [5.41, 5.74) is 6.66. The molecule has 0 atom stereocenters. The summed E-state index contributed by atoms with van der Waals surface area (Å²) >= 11 is 1.29. The van der Waals surface area contributed by atoms with E-state index in [0.29, 0.717) is 5.69 Å². The van der Waals surface area contributed by atoms with Gasteiger partial charge in [0.25, 0.3) is 0 Å². The van der Waals surface area contributed by atoms with Gasteiger partial charge < -0.3 is 15.8 Å². The molecule has 6 heteroatoms. The third-order valence-corrected chi connectivity index (χ3v) is 4.13. The van der Waals surface area contributed by atoms with Crippen LogP contribution in [0.1, 0.15) is 5.56 Å². The SMILES string of the molecule is COc1cccc(/C=C/C(=O)Nc2ccccc2SCC(N)=O)c1. The molecular weight excluding hydrogens is 324 g/mol. The lowest BCUT2D eigenvalue weighted by atomic mass is 10.2. The molecule has 2 rings (SSSR count). The quantitative estimate of drug-likeness (QED) is 0.599. The first-order chi connectivity index (χ1) is 11.6. The summed E-state index contributed by atoms with van der Waals surface area (Å²) in [6.07, 6.45) is 3.15. The number of carbonyl (C=O) groups excluding carboxylic acids is 2. The minimum Gasteiger partial charge on any atom is -0.497 e. The third kappa shape index (κ3) is 5.48. The van der Waals surface area contributed by atoms with Crippen LogP contribution in [0.4, 0.5) is 5.69 Å². The van der Waals surface area contributed by atoms with Gasteiger partial charge in [0, 0.05) is 11.0 Å². The number of hydrogen-bond acceptors (Lipinski definition) is 4. The maximum absolute atomic E-state index is 12.1. The summed E-state index contributed by atoms with van der Waals surface area (Å²) in [7, 11) is 1.59. The zero-order chi connectivity index (χ0) is 17.4. The zero-order valence-electron chi connectivity index (χ0n) is 13.2.